The number of allylic oxidation sites excluding steroid dienone is 1. The number of methoxy groups -OCH3 is 1. The van der Waals surface area contributed by atoms with Crippen LogP contribution < -0.4 is 19.9 Å². The molecule has 1 aliphatic rings. The van der Waals surface area contributed by atoms with Gasteiger partial charge in [-0.15, -0.1) is 0 Å². The third-order valence-electron chi connectivity index (χ3n) is 5.97. The van der Waals surface area contributed by atoms with Crippen LogP contribution in [0.5, 0.6) is 17.4 Å². The zero-order valence-corrected chi connectivity index (χ0v) is 21.3. The standard InChI is InChI=1S/C28H23BrN4O3/c1-3-35-26-21(29)14-18(15-22(26)34-2)23-20(16-30)27(31)36-28-24(23)25(17-10-6-4-7-11-17)32-33(28)19-12-8-5-9-13-19/h4-15,23H,3,31H2,1-2H3/t23-/m0/s1. The lowest BCUT2D eigenvalue weighted by Crippen LogP contribution is -2.22. The van der Waals surface area contributed by atoms with Gasteiger partial charge in [0.1, 0.15) is 17.3 Å². The van der Waals surface area contributed by atoms with Crippen LogP contribution in [0.1, 0.15) is 24.0 Å². The molecule has 0 saturated heterocycles. The highest BCUT2D eigenvalue weighted by Gasteiger charge is 2.38. The number of para-hydroxylation sites is 1. The molecule has 7 nitrogen and oxygen atoms in total. The largest absolute Gasteiger partial charge is 0.493 e. The highest BCUT2D eigenvalue weighted by Crippen LogP contribution is 2.50. The minimum atomic E-state index is -0.549. The monoisotopic (exact) mass is 542 g/mol. The van der Waals surface area contributed by atoms with Gasteiger partial charge in [0.05, 0.1) is 35.4 Å². The van der Waals surface area contributed by atoms with Crippen LogP contribution in [-0.4, -0.2) is 23.5 Å². The first-order chi connectivity index (χ1) is 17.6. The molecule has 3 aromatic carbocycles. The van der Waals surface area contributed by atoms with E-state index in [0.717, 1.165) is 22.4 Å². The van der Waals surface area contributed by atoms with Crippen molar-refractivity contribution in [3.63, 3.8) is 0 Å². The molecule has 0 fully saturated rings. The summed E-state index contributed by atoms with van der Waals surface area (Å²) in [5, 5.41) is 15.1. The van der Waals surface area contributed by atoms with Gasteiger partial charge in [0.25, 0.3) is 0 Å². The summed E-state index contributed by atoms with van der Waals surface area (Å²) in [6.07, 6.45) is 0. The number of rotatable bonds is 6. The number of halogens is 1. The van der Waals surface area contributed by atoms with E-state index in [2.05, 4.69) is 22.0 Å². The second-order valence-corrected chi connectivity index (χ2v) is 8.93. The third-order valence-corrected chi connectivity index (χ3v) is 6.56. The van der Waals surface area contributed by atoms with Gasteiger partial charge >= 0.3 is 0 Å². The molecule has 0 aliphatic carbocycles. The lowest BCUT2D eigenvalue weighted by Gasteiger charge is -2.26. The van der Waals surface area contributed by atoms with Gasteiger partial charge in [-0.1, -0.05) is 48.5 Å². The van der Waals surface area contributed by atoms with E-state index in [1.54, 1.807) is 11.8 Å². The second-order valence-electron chi connectivity index (χ2n) is 8.07. The predicted octanol–water partition coefficient (Wildman–Crippen LogP) is 5.93. The topological polar surface area (TPSA) is 95.3 Å². The average Bonchev–Trinajstić information content (AvgIpc) is 3.28. The maximum absolute atomic E-state index is 10.2. The number of nitriles is 1. The highest BCUT2D eigenvalue weighted by molar-refractivity contribution is 9.10. The van der Waals surface area contributed by atoms with Crippen molar-refractivity contribution in [2.24, 2.45) is 5.73 Å². The molecule has 0 bridgehead atoms. The minimum absolute atomic E-state index is 0.0377. The summed E-state index contributed by atoms with van der Waals surface area (Å²) >= 11 is 3.62. The number of hydrogen-bond donors (Lipinski definition) is 1. The Bertz CT molecular complexity index is 1490. The summed E-state index contributed by atoms with van der Waals surface area (Å²) in [7, 11) is 1.59. The fourth-order valence-electron chi connectivity index (χ4n) is 4.42. The van der Waals surface area contributed by atoms with E-state index in [1.807, 2.05) is 79.7 Å². The maximum Gasteiger partial charge on any atom is 0.229 e. The van der Waals surface area contributed by atoms with Gasteiger partial charge in [-0.25, -0.2) is 0 Å². The van der Waals surface area contributed by atoms with Gasteiger partial charge in [0, 0.05) is 5.56 Å². The molecule has 2 N–H and O–H groups in total. The molecule has 0 saturated carbocycles. The number of ether oxygens (including phenoxy) is 3. The fourth-order valence-corrected chi connectivity index (χ4v) is 4.99. The van der Waals surface area contributed by atoms with Crippen LogP contribution in [0, 0.1) is 11.3 Å². The van der Waals surface area contributed by atoms with Gasteiger partial charge in [-0.05, 0) is 52.7 Å². The predicted molar refractivity (Wildman–Crippen MR) is 140 cm³/mol. The normalized spacial score (nSPS) is 14.6. The van der Waals surface area contributed by atoms with Crippen molar-refractivity contribution < 1.29 is 14.2 Å². The Morgan fingerprint density at radius 2 is 1.81 bits per heavy atom. The van der Waals surface area contributed by atoms with Gasteiger partial charge in [-0.3, -0.25) is 0 Å². The van der Waals surface area contributed by atoms with E-state index < -0.39 is 5.92 Å². The van der Waals surface area contributed by atoms with Gasteiger partial charge in [0.15, 0.2) is 11.5 Å². The van der Waals surface area contributed by atoms with Crippen molar-refractivity contribution in [1.82, 2.24) is 9.78 Å². The number of nitrogens with zero attached hydrogens (tertiary/aromatic N) is 3. The molecule has 0 spiro atoms. The SMILES string of the molecule is CCOc1c(Br)cc([C@H]2C(C#N)=C(N)Oc3c2c(-c2ccccc2)nn3-c2ccccc2)cc1OC. The van der Waals surface area contributed by atoms with Crippen LogP contribution in [0.3, 0.4) is 0 Å². The molecular formula is C28H23BrN4O3. The van der Waals surface area contributed by atoms with Crippen molar-refractivity contribution in [3.05, 3.63) is 99.9 Å². The first-order valence-corrected chi connectivity index (χ1v) is 12.2. The molecule has 180 valence electrons. The fraction of sp³-hybridized carbons (Fsp3) is 0.143. The molecule has 1 aliphatic heterocycles. The summed E-state index contributed by atoms with van der Waals surface area (Å²) in [5.74, 6) is 1.09. The first kappa shape index (κ1) is 23.5. The lowest BCUT2D eigenvalue weighted by molar-refractivity contribution is 0.308. The second kappa shape index (κ2) is 9.80. The summed E-state index contributed by atoms with van der Waals surface area (Å²) in [5.41, 5.74) is 10.6. The van der Waals surface area contributed by atoms with Gasteiger partial charge < -0.3 is 19.9 Å². The highest BCUT2D eigenvalue weighted by atomic mass is 79.9. The molecule has 4 aromatic rings. The number of aromatic nitrogens is 2. The Kier molecular flexibility index (Phi) is 6.40. The first-order valence-electron chi connectivity index (χ1n) is 11.4. The molecule has 36 heavy (non-hydrogen) atoms. The van der Waals surface area contributed by atoms with Crippen LogP contribution in [0.2, 0.25) is 0 Å². The van der Waals surface area contributed by atoms with Crippen molar-refractivity contribution in [2.75, 3.05) is 13.7 Å². The Labute approximate surface area is 217 Å². The van der Waals surface area contributed by atoms with Crippen LogP contribution in [0.25, 0.3) is 16.9 Å². The zero-order valence-electron chi connectivity index (χ0n) is 19.7. The van der Waals surface area contributed by atoms with E-state index in [0.29, 0.717) is 39.7 Å². The van der Waals surface area contributed by atoms with Crippen molar-refractivity contribution in [3.8, 4) is 40.4 Å². The maximum atomic E-state index is 10.2. The summed E-state index contributed by atoms with van der Waals surface area (Å²) in [6.45, 7) is 2.39. The molecule has 0 unspecified atom stereocenters. The molecule has 2 heterocycles. The van der Waals surface area contributed by atoms with E-state index in [-0.39, 0.29) is 5.88 Å². The summed E-state index contributed by atoms with van der Waals surface area (Å²) in [4.78, 5) is 0. The molecule has 8 heteroatoms. The molecule has 1 aromatic heterocycles. The van der Waals surface area contributed by atoms with Crippen molar-refractivity contribution in [2.45, 2.75) is 12.8 Å². The molecule has 5 rings (SSSR count). The number of fused-ring (bicyclic) bond motifs is 1. The third kappa shape index (κ3) is 3.97. The molecule has 0 amide bonds. The molecular weight excluding hydrogens is 520 g/mol. The number of nitrogens with two attached hydrogens (primary N) is 1. The zero-order chi connectivity index (χ0) is 25.2. The molecule has 0 radical (unpaired) electrons. The Morgan fingerprint density at radius 3 is 2.44 bits per heavy atom. The lowest BCUT2D eigenvalue weighted by atomic mass is 9.83. The minimum Gasteiger partial charge on any atom is -0.493 e. The summed E-state index contributed by atoms with van der Waals surface area (Å²) < 4.78 is 20.0. The van der Waals surface area contributed by atoms with Crippen LogP contribution in [0.15, 0.2) is 88.7 Å². The van der Waals surface area contributed by atoms with Crippen molar-refractivity contribution in [1.29, 1.82) is 5.26 Å². The Balaban J connectivity index is 1.82. The van der Waals surface area contributed by atoms with Crippen LogP contribution in [0.4, 0.5) is 0 Å². The van der Waals surface area contributed by atoms with E-state index >= 15 is 0 Å². The van der Waals surface area contributed by atoms with Gasteiger partial charge in [-0.2, -0.15) is 15.0 Å². The van der Waals surface area contributed by atoms with Crippen molar-refractivity contribution >= 4 is 15.9 Å². The summed E-state index contributed by atoms with van der Waals surface area (Å²) in [6, 6.07) is 25.6. The number of hydrogen-bond acceptors (Lipinski definition) is 6. The van der Waals surface area contributed by atoms with E-state index in [9.17, 15) is 5.26 Å². The van der Waals surface area contributed by atoms with Gasteiger partial charge in [0.2, 0.25) is 11.8 Å². The Morgan fingerprint density at radius 1 is 1.11 bits per heavy atom. The Hall–Kier alpha value is -4.22. The van der Waals surface area contributed by atoms with Crippen LogP contribution >= 0.6 is 15.9 Å². The average molecular weight is 543 g/mol. The number of benzene rings is 3. The smallest absolute Gasteiger partial charge is 0.229 e. The van der Waals surface area contributed by atoms with E-state index in [4.69, 9.17) is 25.0 Å². The van der Waals surface area contributed by atoms with Crippen LogP contribution in [-0.2, 0) is 0 Å². The quantitative estimate of drug-likeness (QED) is 0.324. The molecule has 1 atom stereocenters. The van der Waals surface area contributed by atoms with E-state index in [1.165, 1.54) is 0 Å².